The number of hydrogen-bond acceptors (Lipinski definition) is 4. The summed E-state index contributed by atoms with van der Waals surface area (Å²) in [6, 6.07) is 13.6. The molecule has 164 valence electrons. The minimum Gasteiger partial charge on any atom is -0.337 e. The molecule has 0 bridgehead atoms. The minimum atomic E-state index is -0.185. The average Bonchev–Trinajstić information content (AvgIpc) is 2.83. The summed E-state index contributed by atoms with van der Waals surface area (Å²) >= 11 is 0. The summed E-state index contributed by atoms with van der Waals surface area (Å²) in [4.78, 5) is 34.6. The highest BCUT2D eigenvalue weighted by molar-refractivity contribution is 5.97. The van der Waals surface area contributed by atoms with Crippen LogP contribution in [-0.2, 0) is 11.3 Å². The van der Waals surface area contributed by atoms with E-state index in [1.165, 1.54) is 31.4 Å². The van der Waals surface area contributed by atoms with Crippen LogP contribution in [0.2, 0.25) is 0 Å². The molecule has 0 unspecified atom stereocenters. The van der Waals surface area contributed by atoms with Crippen molar-refractivity contribution >= 4 is 11.8 Å². The Morgan fingerprint density at radius 3 is 2.39 bits per heavy atom. The van der Waals surface area contributed by atoms with E-state index >= 15 is 0 Å². The Labute approximate surface area is 184 Å². The van der Waals surface area contributed by atoms with Gasteiger partial charge in [-0.05, 0) is 67.2 Å². The zero-order valence-electron chi connectivity index (χ0n) is 18.5. The first-order chi connectivity index (χ1) is 15.1. The van der Waals surface area contributed by atoms with Gasteiger partial charge in [0.05, 0.1) is 7.11 Å². The second-order valence-corrected chi connectivity index (χ2v) is 8.38. The molecule has 2 aliphatic rings. The Hall–Kier alpha value is -2.70. The summed E-state index contributed by atoms with van der Waals surface area (Å²) in [5, 5.41) is 1.20. The van der Waals surface area contributed by atoms with Crippen molar-refractivity contribution in [1.82, 2.24) is 14.9 Å². The van der Waals surface area contributed by atoms with Gasteiger partial charge in [-0.3, -0.25) is 14.4 Å². The molecule has 2 heterocycles. The molecule has 0 spiro atoms. The van der Waals surface area contributed by atoms with Gasteiger partial charge >= 0.3 is 0 Å². The zero-order valence-corrected chi connectivity index (χ0v) is 18.5. The van der Waals surface area contributed by atoms with Crippen LogP contribution in [0.4, 0.5) is 0 Å². The minimum absolute atomic E-state index is 0.147. The van der Waals surface area contributed by atoms with Gasteiger partial charge in [0, 0.05) is 37.8 Å². The lowest BCUT2D eigenvalue weighted by molar-refractivity contribution is -0.0756. The number of hydrogen-bond donors (Lipinski definition) is 0. The van der Waals surface area contributed by atoms with Gasteiger partial charge in [-0.1, -0.05) is 30.7 Å². The molecule has 2 aromatic carbocycles. The number of carbonyl (C=O) groups excluding carboxylic acids is 2. The van der Waals surface area contributed by atoms with Gasteiger partial charge in [0.2, 0.25) is 0 Å². The summed E-state index contributed by atoms with van der Waals surface area (Å²) < 4.78 is 0. The summed E-state index contributed by atoms with van der Waals surface area (Å²) in [6.45, 7) is 4.89. The van der Waals surface area contributed by atoms with Gasteiger partial charge in [-0.15, -0.1) is 0 Å². The van der Waals surface area contributed by atoms with Crippen molar-refractivity contribution in [2.24, 2.45) is 0 Å². The summed E-state index contributed by atoms with van der Waals surface area (Å²) in [5.41, 5.74) is 4.59. The van der Waals surface area contributed by atoms with Crippen LogP contribution in [0.5, 0.6) is 0 Å². The fourth-order valence-electron chi connectivity index (χ4n) is 4.44. The predicted molar refractivity (Wildman–Crippen MR) is 121 cm³/mol. The molecule has 2 aliphatic heterocycles. The third-order valence-corrected chi connectivity index (χ3v) is 6.43. The van der Waals surface area contributed by atoms with Crippen molar-refractivity contribution < 1.29 is 14.4 Å². The van der Waals surface area contributed by atoms with Gasteiger partial charge in [-0.25, -0.2) is 5.06 Å². The van der Waals surface area contributed by atoms with E-state index in [1.54, 1.807) is 19.2 Å². The molecule has 4 rings (SSSR count). The Morgan fingerprint density at radius 1 is 0.968 bits per heavy atom. The molecule has 6 heteroatoms. The number of hydroxylamine groups is 2. The third-order valence-electron chi connectivity index (χ3n) is 6.43. The van der Waals surface area contributed by atoms with Crippen LogP contribution in [0.25, 0.3) is 11.1 Å². The topological polar surface area (TPSA) is 53.1 Å². The number of fused-ring (bicyclic) bond motifs is 1. The largest absolute Gasteiger partial charge is 0.337 e. The van der Waals surface area contributed by atoms with Crippen LogP contribution >= 0.6 is 0 Å². The molecule has 0 radical (unpaired) electrons. The molecule has 1 fully saturated rings. The number of amides is 2. The third kappa shape index (κ3) is 4.81. The van der Waals surface area contributed by atoms with Crippen LogP contribution in [0.3, 0.4) is 0 Å². The van der Waals surface area contributed by atoms with E-state index in [9.17, 15) is 9.59 Å². The predicted octanol–water partition coefficient (Wildman–Crippen LogP) is 3.47. The monoisotopic (exact) mass is 421 g/mol. The maximum atomic E-state index is 13.0. The number of benzene rings is 2. The van der Waals surface area contributed by atoms with Crippen LogP contribution < -0.4 is 0 Å². The molecule has 0 aromatic heterocycles. The molecule has 0 saturated carbocycles. The summed E-state index contributed by atoms with van der Waals surface area (Å²) in [6.07, 6.45) is 4.76. The molecule has 0 N–H and O–H groups in total. The van der Waals surface area contributed by atoms with E-state index < -0.39 is 0 Å². The lowest BCUT2D eigenvalue weighted by atomic mass is 9.93. The van der Waals surface area contributed by atoms with Gasteiger partial charge < -0.3 is 9.80 Å². The lowest BCUT2D eigenvalue weighted by Crippen LogP contribution is -2.43. The molecule has 1 saturated heterocycles. The second kappa shape index (κ2) is 9.62. The van der Waals surface area contributed by atoms with E-state index in [1.807, 2.05) is 29.2 Å². The van der Waals surface area contributed by atoms with Crippen LogP contribution in [-0.4, -0.2) is 73.6 Å². The van der Waals surface area contributed by atoms with Crippen LogP contribution in [0, 0.1) is 0 Å². The number of carbonyl (C=O) groups is 2. The molecular weight excluding hydrogens is 390 g/mol. The first-order valence-corrected chi connectivity index (χ1v) is 11.1. The van der Waals surface area contributed by atoms with Gasteiger partial charge in [-0.2, -0.15) is 0 Å². The van der Waals surface area contributed by atoms with Crippen molar-refractivity contribution in [2.75, 3.05) is 46.9 Å². The Morgan fingerprint density at radius 2 is 1.68 bits per heavy atom. The maximum absolute atomic E-state index is 13.0. The molecule has 2 amide bonds. The molecule has 0 aliphatic carbocycles. The number of nitrogens with zero attached hydrogens (tertiary/aromatic N) is 3. The highest BCUT2D eigenvalue weighted by Crippen LogP contribution is 2.27. The van der Waals surface area contributed by atoms with E-state index in [2.05, 4.69) is 11.0 Å². The van der Waals surface area contributed by atoms with Crippen LogP contribution in [0.15, 0.2) is 42.5 Å². The summed E-state index contributed by atoms with van der Waals surface area (Å²) in [7, 11) is 3.06. The zero-order chi connectivity index (χ0) is 21.8. The Kier molecular flexibility index (Phi) is 6.68. The van der Waals surface area contributed by atoms with Crippen LogP contribution in [0.1, 0.15) is 45.5 Å². The highest BCUT2D eigenvalue weighted by Gasteiger charge is 2.25. The van der Waals surface area contributed by atoms with Gasteiger partial charge in [0.1, 0.15) is 0 Å². The smallest absolute Gasteiger partial charge is 0.277 e. The fraction of sp³-hybridized carbons (Fsp3) is 0.440. The number of likely N-dealkylation sites (tertiary alicyclic amines) is 1. The van der Waals surface area contributed by atoms with E-state index in [0.717, 1.165) is 61.4 Å². The van der Waals surface area contributed by atoms with Crippen molar-refractivity contribution in [1.29, 1.82) is 0 Å². The van der Waals surface area contributed by atoms with E-state index in [4.69, 9.17) is 4.84 Å². The fourth-order valence-corrected chi connectivity index (χ4v) is 4.44. The normalized spacial score (nSPS) is 16.8. The maximum Gasteiger partial charge on any atom is 0.277 e. The Bertz CT molecular complexity index is 936. The average molecular weight is 422 g/mol. The Balaban J connectivity index is 1.43. The van der Waals surface area contributed by atoms with Crippen molar-refractivity contribution in [2.45, 2.75) is 25.7 Å². The SMILES string of the molecule is CON(C)C(=O)c1ccc(-c2ccc3c(c2)CCN(CCN2CCCCC2)C3=O)cc1. The standard InChI is InChI=1S/C25H31N3O3/c1-26(31-2)24(29)20-8-6-19(7-9-20)21-10-11-23-22(18-21)12-15-28(25(23)30)17-16-27-13-4-3-5-14-27/h6-11,18H,3-5,12-17H2,1-2H3. The molecule has 6 nitrogen and oxygen atoms in total. The highest BCUT2D eigenvalue weighted by atomic mass is 16.7. The molecule has 0 atom stereocenters. The molecule has 2 aromatic rings. The van der Waals surface area contributed by atoms with Gasteiger partial charge in [0.25, 0.3) is 11.8 Å². The quantitative estimate of drug-likeness (QED) is 0.671. The van der Waals surface area contributed by atoms with Crippen molar-refractivity contribution in [3.8, 4) is 11.1 Å². The summed E-state index contributed by atoms with van der Waals surface area (Å²) in [5.74, 6) is -0.0388. The first-order valence-electron chi connectivity index (χ1n) is 11.1. The lowest BCUT2D eigenvalue weighted by Gasteiger charge is -2.32. The second-order valence-electron chi connectivity index (χ2n) is 8.38. The van der Waals surface area contributed by atoms with Gasteiger partial charge in [0.15, 0.2) is 0 Å². The van der Waals surface area contributed by atoms with E-state index in [-0.39, 0.29) is 11.8 Å². The van der Waals surface area contributed by atoms with Crippen molar-refractivity contribution in [3.63, 3.8) is 0 Å². The molecule has 31 heavy (non-hydrogen) atoms. The first kappa shape index (κ1) is 21.5. The molecular formula is C25H31N3O3. The number of rotatable bonds is 6. The van der Waals surface area contributed by atoms with Crippen molar-refractivity contribution in [3.05, 3.63) is 59.2 Å². The number of piperidine rings is 1. The van der Waals surface area contributed by atoms with E-state index in [0.29, 0.717) is 5.56 Å².